The predicted molar refractivity (Wildman–Crippen MR) is 136 cm³/mol. The van der Waals surface area contributed by atoms with Gasteiger partial charge in [-0.1, -0.05) is 29.3 Å². The molecule has 34 heavy (non-hydrogen) atoms. The zero-order chi connectivity index (χ0) is 25.4. The second kappa shape index (κ2) is 9.68. The van der Waals surface area contributed by atoms with Gasteiger partial charge >= 0.3 is 0 Å². The van der Waals surface area contributed by atoms with Crippen molar-refractivity contribution in [1.82, 2.24) is 0 Å². The Morgan fingerprint density at radius 1 is 1.15 bits per heavy atom. The third kappa shape index (κ3) is 4.76. The van der Waals surface area contributed by atoms with Crippen LogP contribution in [0.1, 0.15) is 25.8 Å². The molecule has 1 fully saturated rings. The van der Waals surface area contributed by atoms with Crippen LogP contribution in [-0.4, -0.2) is 34.3 Å². The normalized spacial score (nSPS) is 15.9. The Labute approximate surface area is 212 Å². The minimum absolute atomic E-state index is 0.118. The van der Waals surface area contributed by atoms with Gasteiger partial charge in [0, 0.05) is 28.6 Å². The van der Waals surface area contributed by atoms with Gasteiger partial charge in [0.15, 0.2) is 10.9 Å². The number of carbonyl (C=O) groups excluding carboxylic acids is 3. The van der Waals surface area contributed by atoms with Gasteiger partial charge < -0.3 is 16.4 Å². The molecule has 1 atom stereocenters. The number of nitrogens with two attached hydrogens (primary N) is 2. The summed E-state index contributed by atoms with van der Waals surface area (Å²) in [4.78, 5) is 43.3. The van der Waals surface area contributed by atoms with Crippen molar-refractivity contribution in [3.63, 3.8) is 0 Å². The summed E-state index contributed by atoms with van der Waals surface area (Å²) >= 11 is 18.2. The summed E-state index contributed by atoms with van der Waals surface area (Å²) < 4.78 is 0. The lowest BCUT2D eigenvalue weighted by molar-refractivity contribution is -0.124. The second-order valence-electron chi connectivity index (χ2n) is 8.26. The largest absolute Gasteiger partial charge is 0.370 e. The van der Waals surface area contributed by atoms with Crippen molar-refractivity contribution in [3.8, 4) is 0 Å². The van der Waals surface area contributed by atoms with Crippen LogP contribution in [0.4, 0.5) is 17.1 Å². The lowest BCUT2D eigenvalue weighted by atomic mass is 9.99. The zero-order valence-electron chi connectivity index (χ0n) is 18.3. The third-order valence-electron chi connectivity index (χ3n) is 5.46. The molecule has 176 valence electrons. The number of benzene rings is 2. The molecule has 0 radical (unpaired) electrons. The van der Waals surface area contributed by atoms with Crippen molar-refractivity contribution in [1.29, 1.82) is 0 Å². The second-order valence-corrected chi connectivity index (χ2v) is 9.44. The number of thiocarbonyl (C=S) groups is 1. The Balaban J connectivity index is 1.97. The predicted octanol–water partition coefficient (Wildman–Crippen LogP) is 3.78. The first-order chi connectivity index (χ1) is 15.9. The van der Waals surface area contributed by atoms with E-state index in [-0.39, 0.29) is 34.6 Å². The highest BCUT2D eigenvalue weighted by atomic mass is 35.5. The number of amides is 2. The van der Waals surface area contributed by atoms with Crippen LogP contribution in [-0.2, 0) is 20.8 Å². The molecular formula is C23H21Cl2N5O3S. The highest BCUT2D eigenvalue weighted by molar-refractivity contribution is 7.81. The van der Waals surface area contributed by atoms with Crippen LogP contribution in [0.5, 0.6) is 0 Å². The molecule has 3 rings (SSSR count). The standard InChI is InChI=1S/C23H21Cl2N5O3S/c1-23(2)21(33)29(13-5-7-18(28-3)16(25)10-13)22(34)30(23)14-4-6-15(24)12(8-14)9-19(31)17(26)11-20(27)32/h4-8,10,17H,9,11,26H2,1-2H3,(H2,27,32)/t17-/m0/s1. The van der Waals surface area contributed by atoms with Gasteiger partial charge in [0.05, 0.1) is 18.3 Å². The van der Waals surface area contributed by atoms with Crippen LogP contribution in [0.15, 0.2) is 36.4 Å². The topological polar surface area (TPSA) is 114 Å². The maximum atomic E-state index is 13.4. The molecule has 2 aromatic carbocycles. The molecule has 2 amide bonds. The third-order valence-corrected chi connectivity index (χ3v) is 6.50. The van der Waals surface area contributed by atoms with E-state index in [9.17, 15) is 14.4 Å². The Hall–Kier alpha value is -3.03. The molecule has 1 saturated heterocycles. The number of nitrogens with zero attached hydrogens (tertiary/aromatic N) is 3. The van der Waals surface area contributed by atoms with Gasteiger partial charge in [-0.15, -0.1) is 0 Å². The van der Waals surface area contributed by atoms with Gasteiger partial charge in [0.25, 0.3) is 5.91 Å². The SMILES string of the molecule is [C-]#[N+]c1ccc(N2C(=O)C(C)(C)N(c3ccc(Cl)c(CC(=O)[C@@H](N)CC(N)=O)c3)C2=S)cc1Cl. The van der Waals surface area contributed by atoms with Crippen LogP contribution < -0.4 is 21.3 Å². The van der Waals surface area contributed by atoms with Crippen molar-refractivity contribution < 1.29 is 14.4 Å². The summed E-state index contributed by atoms with van der Waals surface area (Å²) in [6.07, 6.45) is -0.384. The van der Waals surface area contributed by atoms with Crippen molar-refractivity contribution >= 4 is 75.2 Å². The molecule has 8 nitrogen and oxygen atoms in total. The zero-order valence-corrected chi connectivity index (χ0v) is 20.7. The van der Waals surface area contributed by atoms with E-state index in [4.69, 9.17) is 53.5 Å². The van der Waals surface area contributed by atoms with E-state index in [1.54, 1.807) is 43.0 Å². The van der Waals surface area contributed by atoms with E-state index in [0.717, 1.165) is 0 Å². The number of rotatable bonds is 7. The molecule has 1 aliphatic rings. The molecule has 0 bridgehead atoms. The van der Waals surface area contributed by atoms with Crippen LogP contribution >= 0.6 is 35.4 Å². The highest BCUT2D eigenvalue weighted by Crippen LogP contribution is 2.39. The first kappa shape index (κ1) is 25.6. The summed E-state index contributed by atoms with van der Waals surface area (Å²) in [5.41, 5.74) is 11.5. The van der Waals surface area contributed by atoms with Crippen LogP contribution in [0.2, 0.25) is 10.0 Å². The number of hydrogen-bond acceptors (Lipinski definition) is 5. The monoisotopic (exact) mass is 517 g/mol. The Bertz CT molecular complexity index is 1260. The molecule has 0 aromatic heterocycles. The average molecular weight is 518 g/mol. The molecule has 0 aliphatic carbocycles. The van der Waals surface area contributed by atoms with Gasteiger partial charge in [-0.2, -0.15) is 0 Å². The van der Waals surface area contributed by atoms with E-state index in [0.29, 0.717) is 22.0 Å². The summed E-state index contributed by atoms with van der Waals surface area (Å²) in [6, 6.07) is 8.57. The number of carbonyl (C=O) groups is 3. The van der Waals surface area contributed by atoms with Gasteiger partial charge in [-0.25, -0.2) is 4.85 Å². The van der Waals surface area contributed by atoms with Crippen LogP contribution in [0.25, 0.3) is 4.85 Å². The molecule has 4 N–H and O–H groups in total. The van der Waals surface area contributed by atoms with Crippen LogP contribution in [0, 0.1) is 6.57 Å². The summed E-state index contributed by atoms with van der Waals surface area (Å²) in [7, 11) is 0. The minimum Gasteiger partial charge on any atom is -0.370 e. The number of hydrogen-bond donors (Lipinski definition) is 2. The molecular weight excluding hydrogens is 497 g/mol. The number of Topliss-reactive ketones (excluding diaryl/α,β-unsaturated/α-hetero) is 1. The van der Waals surface area contributed by atoms with Gasteiger partial charge in [-0.3, -0.25) is 19.3 Å². The molecule has 0 spiro atoms. The molecule has 0 saturated carbocycles. The van der Waals surface area contributed by atoms with E-state index < -0.39 is 23.3 Å². The first-order valence-corrected chi connectivity index (χ1v) is 11.3. The van der Waals surface area contributed by atoms with Gasteiger partial charge in [-0.05, 0) is 62.0 Å². The molecule has 1 heterocycles. The minimum atomic E-state index is -1.07. The lowest BCUT2D eigenvalue weighted by Gasteiger charge is -2.30. The molecule has 11 heteroatoms. The Kier molecular flexibility index (Phi) is 7.29. The van der Waals surface area contributed by atoms with E-state index in [1.807, 2.05) is 0 Å². The number of primary amides is 1. The van der Waals surface area contributed by atoms with E-state index in [1.165, 1.54) is 17.0 Å². The first-order valence-electron chi connectivity index (χ1n) is 10.1. The molecule has 0 unspecified atom stereocenters. The fourth-order valence-electron chi connectivity index (χ4n) is 3.67. The van der Waals surface area contributed by atoms with Crippen molar-refractivity contribution in [2.45, 2.75) is 38.3 Å². The van der Waals surface area contributed by atoms with Gasteiger partial charge in [0.2, 0.25) is 11.6 Å². The maximum absolute atomic E-state index is 13.4. The van der Waals surface area contributed by atoms with E-state index in [2.05, 4.69) is 4.85 Å². The summed E-state index contributed by atoms with van der Waals surface area (Å²) in [6.45, 7) is 10.6. The quantitative estimate of drug-likeness (QED) is 0.426. The highest BCUT2D eigenvalue weighted by Gasteiger charge is 2.50. The van der Waals surface area contributed by atoms with Crippen LogP contribution in [0.3, 0.4) is 0 Å². The molecule has 1 aliphatic heterocycles. The summed E-state index contributed by atoms with van der Waals surface area (Å²) in [5.74, 6) is -1.36. The maximum Gasteiger partial charge on any atom is 0.259 e. The van der Waals surface area contributed by atoms with Crippen molar-refractivity contribution in [2.24, 2.45) is 11.5 Å². The lowest BCUT2D eigenvalue weighted by Crippen LogP contribution is -2.44. The Morgan fingerprint density at radius 3 is 2.38 bits per heavy atom. The number of halogens is 2. The fourth-order valence-corrected chi connectivity index (χ4v) is 4.59. The van der Waals surface area contributed by atoms with Gasteiger partial charge in [0.1, 0.15) is 5.54 Å². The number of anilines is 2. The van der Waals surface area contributed by atoms with Crippen molar-refractivity contribution in [2.75, 3.05) is 9.80 Å². The Morgan fingerprint density at radius 2 is 1.79 bits per heavy atom. The van der Waals surface area contributed by atoms with E-state index >= 15 is 0 Å². The van der Waals surface area contributed by atoms with Crippen molar-refractivity contribution in [3.05, 3.63) is 63.4 Å². The number of ketones is 1. The summed E-state index contributed by atoms with van der Waals surface area (Å²) in [5, 5.41) is 0.738. The molecule has 2 aromatic rings. The fraction of sp³-hybridized carbons (Fsp3) is 0.261. The smallest absolute Gasteiger partial charge is 0.259 e. The average Bonchev–Trinajstić information content (AvgIpc) is 2.93.